The SMILES string of the molecule is C[C@]12CC[C@H]3[C@@H](CCC4CCCC[C@@]43C)[C@@H]1CC1(C=CN=N1)C2. The van der Waals surface area contributed by atoms with Crippen LogP contribution in [0, 0.1) is 34.5 Å². The lowest BCUT2D eigenvalue weighted by molar-refractivity contribution is -0.103. The van der Waals surface area contributed by atoms with E-state index in [2.05, 4.69) is 30.2 Å². The summed E-state index contributed by atoms with van der Waals surface area (Å²) in [5.74, 6) is 3.89. The molecule has 1 spiro atoms. The van der Waals surface area contributed by atoms with Gasteiger partial charge in [-0.15, -0.1) is 0 Å². The molecule has 0 aromatic heterocycles. The zero-order chi connectivity index (χ0) is 15.7. The van der Waals surface area contributed by atoms with E-state index >= 15 is 0 Å². The zero-order valence-corrected chi connectivity index (χ0v) is 14.9. The van der Waals surface area contributed by atoms with E-state index in [9.17, 15) is 0 Å². The monoisotopic (exact) mass is 312 g/mol. The van der Waals surface area contributed by atoms with Crippen molar-refractivity contribution in [1.29, 1.82) is 0 Å². The van der Waals surface area contributed by atoms with Crippen LogP contribution < -0.4 is 0 Å². The molecule has 126 valence electrons. The first-order valence-electron chi connectivity index (χ1n) is 10.1. The van der Waals surface area contributed by atoms with E-state index in [1.54, 1.807) is 0 Å². The molecule has 2 heteroatoms. The molecule has 5 rings (SSSR count). The molecule has 0 radical (unpaired) electrons. The van der Waals surface area contributed by atoms with Crippen LogP contribution in [-0.2, 0) is 0 Å². The lowest BCUT2D eigenvalue weighted by Gasteiger charge is -2.59. The molecule has 0 bridgehead atoms. The molecule has 4 fully saturated rings. The van der Waals surface area contributed by atoms with Gasteiger partial charge in [0, 0.05) is 6.20 Å². The van der Waals surface area contributed by atoms with Crippen LogP contribution in [-0.4, -0.2) is 5.54 Å². The van der Waals surface area contributed by atoms with Crippen LogP contribution in [0.2, 0.25) is 0 Å². The topological polar surface area (TPSA) is 24.7 Å². The summed E-state index contributed by atoms with van der Waals surface area (Å²) in [5, 5.41) is 8.92. The summed E-state index contributed by atoms with van der Waals surface area (Å²) in [7, 11) is 0. The van der Waals surface area contributed by atoms with Gasteiger partial charge in [-0.05, 0) is 91.9 Å². The number of rotatable bonds is 0. The summed E-state index contributed by atoms with van der Waals surface area (Å²) in [6.45, 7) is 5.26. The summed E-state index contributed by atoms with van der Waals surface area (Å²) in [6.07, 6.45) is 18.8. The third-order valence-electron chi connectivity index (χ3n) is 9.09. The van der Waals surface area contributed by atoms with Gasteiger partial charge in [-0.3, -0.25) is 0 Å². The van der Waals surface area contributed by atoms with Crippen molar-refractivity contribution in [2.24, 2.45) is 44.7 Å². The van der Waals surface area contributed by atoms with Crippen LogP contribution >= 0.6 is 0 Å². The Balaban J connectivity index is 1.48. The first-order valence-corrected chi connectivity index (χ1v) is 10.1. The van der Waals surface area contributed by atoms with Crippen molar-refractivity contribution < 1.29 is 0 Å². The quantitative estimate of drug-likeness (QED) is 0.513. The van der Waals surface area contributed by atoms with E-state index in [0.717, 1.165) is 23.7 Å². The average Bonchev–Trinajstić information content (AvgIpc) is 3.10. The second-order valence-electron chi connectivity index (χ2n) is 10.1. The van der Waals surface area contributed by atoms with Gasteiger partial charge in [0.05, 0.1) is 0 Å². The summed E-state index contributed by atoms with van der Waals surface area (Å²) < 4.78 is 0. The molecule has 4 aliphatic carbocycles. The minimum absolute atomic E-state index is 0.0820. The molecule has 0 N–H and O–H groups in total. The lowest BCUT2D eigenvalue weighted by atomic mass is 9.45. The van der Waals surface area contributed by atoms with Crippen LogP contribution in [0.25, 0.3) is 0 Å². The predicted octanol–water partition coefficient (Wildman–Crippen LogP) is 6.14. The Labute approximate surface area is 141 Å². The molecule has 1 heterocycles. The first kappa shape index (κ1) is 14.7. The Hall–Kier alpha value is -0.660. The minimum atomic E-state index is 0.0820. The van der Waals surface area contributed by atoms with Crippen LogP contribution in [0.3, 0.4) is 0 Å². The standard InChI is InChI=1S/C21H32N2/c1-19-10-8-17-16(7-6-15-5-3-4-9-20(15,17)2)18(19)13-21(14-19)11-12-22-23-21/h11-12,15-18H,3-10,13-14H2,1-2H3/t15?,16-,17+,18+,19-,20+,21?/m1/s1. The molecule has 7 atom stereocenters. The molecule has 23 heavy (non-hydrogen) atoms. The third kappa shape index (κ3) is 1.93. The summed E-state index contributed by atoms with van der Waals surface area (Å²) in [4.78, 5) is 0. The van der Waals surface area contributed by atoms with Gasteiger partial charge in [0.15, 0.2) is 0 Å². The molecular formula is C21H32N2. The van der Waals surface area contributed by atoms with Gasteiger partial charge in [0.1, 0.15) is 5.54 Å². The molecule has 0 saturated heterocycles. The normalized spacial score (nSPS) is 57.3. The maximum atomic E-state index is 4.69. The Bertz CT molecular complexity index is 552. The molecule has 4 saturated carbocycles. The maximum Gasteiger partial charge on any atom is 0.103 e. The van der Waals surface area contributed by atoms with Crippen LogP contribution in [0.5, 0.6) is 0 Å². The molecular weight excluding hydrogens is 280 g/mol. The van der Waals surface area contributed by atoms with E-state index in [1.807, 2.05) is 6.20 Å². The van der Waals surface area contributed by atoms with Gasteiger partial charge < -0.3 is 0 Å². The Morgan fingerprint density at radius 3 is 2.70 bits per heavy atom. The third-order valence-corrected chi connectivity index (χ3v) is 9.09. The number of hydrogen-bond acceptors (Lipinski definition) is 2. The molecule has 0 amide bonds. The van der Waals surface area contributed by atoms with Crippen LogP contribution in [0.4, 0.5) is 0 Å². The Kier molecular flexibility index (Phi) is 3.00. The van der Waals surface area contributed by atoms with Crippen molar-refractivity contribution in [1.82, 2.24) is 0 Å². The van der Waals surface area contributed by atoms with Crippen molar-refractivity contribution in [3.63, 3.8) is 0 Å². The maximum absolute atomic E-state index is 4.69. The fourth-order valence-corrected chi connectivity index (χ4v) is 8.02. The van der Waals surface area contributed by atoms with Crippen molar-refractivity contribution in [3.05, 3.63) is 12.3 Å². The predicted molar refractivity (Wildman–Crippen MR) is 93.1 cm³/mol. The fourth-order valence-electron chi connectivity index (χ4n) is 8.02. The second-order valence-corrected chi connectivity index (χ2v) is 10.1. The molecule has 1 aliphatic heterocycles. The van der Waals surface area contributed by atoms with Crippen molar-refractivity contribution in [2.75, 3.05) is 0 Å². The minimum Gasteiger partial charge on any atom is -0.178 e. The number of nitrogens with zero attached hydrogens (tertiary/aromatic N) is 2. The fraction of sp³-hybridized carbons (Fsp3) is 0.905. The highest BCUT2D eigenvalue weighted by atomic mass is 15.2. The van der Waals surface area contributed by atoms with Gasteiger partial charge in [-0.2, -0.15) is 10.2 Å². The second kappa shape index (κ2) is 4.70. The van der Waals surface area contributed by atoms with Crippen molar-refractivity contribution >= 4 is 0 Å². The summed E-state index contributed by atoms with van der Waals surface area (Å²) in [5.41, 5.74) is 1.26. The molecule has 2 nitrogen and oxygen atoms in total. The summed E-state index contributed by atoms with van der Waals surface area (Å²) >= 11 is 0. The highest BCUT2D eigenvalue weighted by Gasteiger charge is 2.61. The van der Waals surface area contributed by atoms with Crippen molar-refractivity contribution in [3.8, 4) is 0 Å². The van der Waals surface area contributed by atoms with Gasteiger partial charge in [0.2, 0.25) is 0 Å². The number of hydrogen-bond donors (Lipinski definition) is 0. The lowest BCUT2D eigenvalue weighted by Crippen LogP contribution is -2.51. The molecule has 2 unspecified atom stereocenters. The highest BCUT2D eigenvalue weighted by molar-refractivity contribution is 5.21. The summed E-state index contributed by atoms with van der Waals surface area (Å²) in [6, 6.07) is 0. The van der Waals surface area contributed by atoms with Crippen molar-refractivity contribution in [2.45, 2.75) is 83.6 Å². The van der Waals surface area contributed by atoms with Gasteiger partial charge >= 0.3 is 0 Å². The molecule has 0 aromatic carbocycles. The van der Waals surface area contributed by atoms with E-state index in [-0.39, 0.29) is 5.54 Å². The Morgan fingerprint density at radius 1 is 0.957 bits per heavy atom. The van der Waals surface area contributed by atoms with E-state index < -0.39 is 0 Å². The van der Waals surface area contributed by atoms with Gasteiger partial charge in [0.25, 0.3) is 0 Å². The van der Waals surface area contributed by atoms with E-state index in [1.165, 1.54) is 64.2 Å². The number of azo groups is 1. The van der Waals surface area contributed by atoms with Gasteiger partial charge in [-0.1, -0.05) is 26.7 Å². The zero-order valence-electron chi connectivity index (χ0n) is 14.9. The van der Waals surface area contributed by atoms with Crippen LogP contribution in [0.1, 0.15) is 78.1 Å². The average molecular weight is 313 g/mol. The van der Waals surface area contributed by atoms with E-state index in [0.29, 0.717) is 10.8 Å². The molecule has 5 aliphatic rings. The highest BCUT2D eigenvalue weighted by Crippen LogP contribution is 2.68. The first-order chi connectivity index (χ1) is 11.0. The van der Waals surface area contributed by atoms with Gasteiger partial charge in [-0.25, -0.2) is 0 Å². The smallest absolute Gasteiger partial charge is 0.103 e. The largest absolute Gasteiger partial charge is 0.178 e. The Morgan fingerprint density at radius 2 is 1.87 bits per heavy atom. The molecule has 0 aromatic rings. The number of fused-ring (bicyclic) bond motifs is 5. The van der Waals surface area contributed by atoms with Crippen LogP contribution in [0.15, 0.2) is 22.5 Å². The van der Waals surface area contributed by atoms with E-state index in [4.69, 9.17) is 0 Å².